The molecule has 0 radical (unpaired) electrons. The number of para-hydroxylation sites is 1. The van der Waals surface area contributed by atoms with Crippen LogP contribution in [0.15, 0.2) is 53.4 Å². The summed E-state index contributed by atoms with van der Waals surface area (Å²) in [5.41, 5.74) is 1.33. The Balaban J connectivity index is 1.69. The second-order valence-electron chi connectivity index (χ2n) is 5.05. The maximum absolute atomic E-state index is 12.1. The normalized spacial score (nSPS) is 11.5. The summed E-state index contributed by atoms with van der Waals surface area (Å²) in [6.45, 7) is 0.339. The highest BCUT2D eigenvalue weighted by Gasteiger charge is 2.10. The zero-order valence-corrected chi connectivity index (χ0v) is 13.9. The van der Waals surface area contributed by atoms with Crippen LogP contribution in [0.4, 0.5) is 0 Å². The van der Waals surface area contributed by atoms with Crippen molar-refractivity contribution in [2.75, 3.05) is 6.26 Å². The minimum atomic E-state index is -3.26. The van der Waals surface area contributed by atoms with Crippen molar-refractivity contribution in [3.8, 4) is 0 Å². The molecule has 3 aromatic rings. The van der Waals surface area contributed by atoms with Gasteiger partial charge in [-0.2, -0.15) is 0 Å². The van der Waals surface area contributed by atoms with E-state index in [2.05, 4.69) is 10.3 Å². The minimum absolute atomic E-state index is 0.195. The maximum Gasteiger partial charge on any atom is 0.251 e. The lowest BCUT2D eigenvalue weighted by molar-refractivity contribution is 0.0951. The predicted octanol–water partition coefficient (Wildman–Crippen LogP) is 2.63. The summed E-state index contributed by atoms with van der Waals surface area (Å²) < 4.78 is 23.9. The highest BCUT2D eigenvalue weighted by Crippen LogP contribution is 2.21. The van der Waals surface area contributed by atoms with Crippen LogP contribution in [0.1, 0.15) is 15.4 Å². The van der Waals surface area contributed by atoms with Crippen molar-refractivity contribution in [2.24, 2.45) is 0 Å². The smallest absolute Gasteiger partial charge is 0.251 e. The molecule has 23 heavy (non-hydrogen) atoms. The fraction of sp³-hybridized carbons (Fsp3) is 0.125. The molecule has 0 unspecified atom stereocenters. The molecule has 7 heteroatoms. The molecule has 2 aromatic carbocycles. The molecule has 0 atom stereocenters. The molecular formula is C16H14N2O3S2. The van der Waals surface area contributed by atoms with Gasteiger partial charge in [0.2, 0.25) is 0 Å². The van der Waals surface area contributed by atoms with E-state index in [1.807, 2.05) is 24.3 Å². The van der Waals surface area contributed by atoms with Crippen LogP contribution in [0.25, 0.3) is 10.2 Å². The second kappa shape index (κ2) is 6.10. The van der Waals surface area contributed by atoms with Crippen LogP contribution in [0.3, 0.4) is 0 Å². The third kappa shape index (κ3) is 3.57. The molecule has 0 spiro atoms. The molecule has 118 valence electrons. The molecule has 3 rings (SSSR count). The van der Waals surface area contributed by atoms with Crippen LogP contribution in [0, 0.1) is 0 Å². The number of amides is 1. The monoisotopic (exact) mass is 346 g/mol. The molecule has 0 aliphatic carbocycles. The second-order valence-corrected chi connectivity index (χ2v) is 8.19. The lowest BCUT2D eigenvalue weighted by Crippen LogP contribution is -2.22. The lowest BCUT2D eigenvalue weighted by atomic mass is 10.2. The molecule has 1 amide bonds. The summed E-state index contributed by atoms with van der Waals surface area (Å²) in [6, 6.07) is 13.7. The number of fused-ring (bicyclic) bond motifs is 1. The summed E-state index contributed by atoms with van der Waals surface area (Å²) in [5.74, 6) is -0.260. The SMILES string of the molecule is CS(=O)(=O)c1ccc(C(=O)NCc2nc3ccccc3s2)cc1. The maximum atomic E-state index is 12.1. The first-order valence-electron chi connectivity index (χ1n) is 6.86. The number of nitrogens with zero attached hydrogens (tertiary/aromatic N) is 1. The first-order valence-corrected chi connectivity index (χ1v) is 9.57. The van der Waals surface area contributed by atoms with Gasteiger partial charge in [0, 0.05) is 11.8 Å². The van der Waals surface area contributed by atoms with Gasteiger partial charge in [0.25, 0.3) is 5.91 Å². The van der Waals surface area contributed by atoms with Gasteiger partial charge in [0.05, 0.1) is 21.7 Å². The molecule has 1 heterocycles. The van der Waals surface area contributed by atoms with Gasteiger partial charge in [-0.15, -0.1) is 11.3 Å². The van der Waals surface area contributed by atoms with Crippen LogP contribution in [0.5, 0.6) is 0 Å². The zero-order valence-electron chi connectivity index (χ0n) is 12.3. The molecule has 5 nitrogen and oxygen atoms in total. The van der Waals surface area contributed by atoms with Gasteiger partial charge in [-0.3, -0.25) is 4.79 Å². The topological polar surface area (TPSA) is 76.1 Å². The largest absolute Gasteiger partial charge is 0.346 e. The number of hydrogen-bond acceptors (Lipinski definition) is 5. The number of nitrogens with one attached hydrogen (secondary N) is 1. The Morgan fingerprint density at radius 2 is 1.83 bits per heavy atom. The molecule has 0 fully saturated rings. The molecule has 0 aliphatic heterocycles. The zero-order chi connectivity index (χ0) is 16.4. The van der Waals surface area contributed by atoms with E-state index in [1.54, 1.807) is 0 Å². The molecule has 1 aromatic heterocycles. The van der Waals surface area contributed by atoms with Crippen molar-refractivity contribution in [2.45, 2.75) is 11.4 Å². The molecule has 0 aliphatic rings. The number of carbonyl (C=O) groups excluding carboxylic acids is 1. The number of thiazole rings is 1. The first kappa shape index (κ1) is 15.6. The minimum Gasteiger partial charge on any atom is -0.346 e. The van der Waals surface area contributed by atoms with Crippen LogP contribution >= 0.6 is 11.3 Å². The van der Waals surface area contributed by atoms with E-state index in [0.29, 0.717) is 12.1 Å². The van der Waals surface area contributed by atoms with Crippen LogP contribution in [-0.2, 0) is 16.4 Å². The average Bonchev–Trinajstić information content (AvgIpc) is 2.95. The van der Waals surface area contributed by atoms with E-state index >= 15 is 0 Å². The van der Waals surface area contributed by atoms with E-state index in [-0.39, 0.29) is 10.8 Å². The Kier molecular flexibility index (Phi) is 4.14. The lowest BCUT2D eigenvalue weighted by Gasteiger charge is -2.04. The van der Waals surface area contributed by atoms with E-state index in [0.717, 1.165) is 21.5 Å². The fourth-order valence-electron chi connectivity index (χ4n) is 2.11. The van der Waals surface area contributed by atoms with Crippen molar-refractivity contribution >= 4 is 37.3 Å². The van der Waals surface area contributed by atoms with E-state index in [1.165, 1.54) is 35.6 Å². The number of carbonyl (C=O) groups is 1. The number of benzene rings is 2. The van der Waals surface area contributed by atoms with E-state index < -0.39 is 9.84 Å². The first-order chi connectivity index (χ1) is 10.9. The van der Waals surface area contributed by atoms with Crippen molar-refractivity contribution in [3.63, 3.8) is 0 Å². The van der Waals surface area contributed by atoms with Gasteiger partial charge in [0.1, 0.15) is 5.01 Å². The Hall–Kier alpha value is -2.25. The van der Waals surface area contributed by atoms with Gasteiger partial charge in [-0.25, -0.2) is 13.4 Å². The van der Waals surface area contributed by atoms with Gasteiger partial charge >= 0.3 is 0 Å². The molecule has 0 saturated carbocycles. The summed E-state index contributed by atoms with van der Waals surface area (Å²) in [6.07, 6.45) is 1.13. The number of aromatic nitrogens is 1. The Labute approximate surface area is 137 Å². The molecular weight excluding hydrogens is 332 g/mol. The van der Waals surface area contributed by atoms with Crippen molar-refractivity contribution in [3.05, 3.63) is 59.1 Å². The summed E-state index contributed by atoms with van der Waals surface area (Å²) in [5, 5.41) is 3.62. The van der Waals surface area contributed by atoms with Crippen molar-refractivity contribution in [1.82, 2.24) is 10.3 Å². The highest BCUT2D eigenvalue weighted by molar-refractivity contribution is 7.90. The Morgan fingerprint density at radius 1 is 1.13 bits per heavy atom. The Bertz CT molecular complexity index is 927. The van der Waals surface area contributed by atoms with Crippen molar-refractivity contribution < 1.29 is 13.2 Å². The highest BCUT2D eigenvalue weighted by atomic mass is 32.2. The quantitative estimate of drug-likeness (QED) is 0.788. The number of rotatable bonds is 4. The molecule has 0 bridgehead atoms. The summed E-state index contributed by atoms with van der Waals surface area (Å²) in [7, 11) is -3.26. The third-order valence-electron chi connectivity index (χ3n) is 3.28. The van der Waals surface area contributed by atoms with Crippen LogP contribution in [0.2, 0.25) is 0 Å². The van der Waals surface area contributed by atoms with Gasteiger partial charge in [0.15, 0.2) is 9.84 Å². The molecule has 0 saturated heterocycles. The van der Waals surface area contributed by atoms with E-state index in [9.17, 15) is 13.2 Å². The van der Waals surface area contributed by atoms with Crippen LogP contribution < -0.4 is 5.32 Å². The Morgan fingerprint density at radius 3 is 2.48 bits per heavy atom. The van der Waals surface area contributed by atoms with Crippen LogP contribution in [-0.4, -0.2) is 25.6 Å². The number of sulfone groups is 1. The van der Waals surface area contributed by atoms with Gasteiger partial charge in [-0.05, 0) is 36.4 Å². The van der Waals surface area contributed by atoms with Gasteiger partial charge in [-0.1, -0.05) is 12.1 Å². The number of hydrogen-bond donors (Lipinski definition) is 1. The summed E-state index contributed by atoms with van der Waals surface area (Å²) in [4.78, 5) is 16.8. The average molecular weight is 346 g/mol. The van der Waals surface area contributed by atoms with Crippen molar-refractivity contribution in [1.29, 1.82) is 0 Å². The van der Waals surface area contributed by atoms with E-state index in [4.69, 9.17) is 0 Å². The molecule has 1 N–H and O–H groups in total. The standard InChI is InChI=1S/C16H14N2O3S2/c1-23(20,21)12-8-6-11(7-9-12)16(19)17-10-15-18-13-4-2-3-5-14(13)22-15/h2-9H,10H2,1H3,(H,17,19). The predicted molar refractivity (Wildman–Crippen MR) is 90.3 cm³/mol. The summed E-state index contributed by atoms with van der Waals surface area (Å²) >= 11 is 1.54. The third-order valence-corrected chi connectivity index (χ3v) is 5.45. The fourth-order valence-corrected chi connectivity index (χ4v) is 3.64. The van der Waals surface area contributed by atoms with Gasteiger partial charge < -0.3 is 5.32 Å².